The summed E-state index contributed by atoms with van der Waals surface area (Å²) >= 11 is 0. The molecule has 9 heteroatoms. The summed E-state index contributed by atoms with van der Waals surface area (Å²) in [6.45, 7) is 0. The summed E-state index contributed by atoms with van der Waals surface area (Å²) in [5, 5.41) is 26.2. The summed E-state index contributed by atoms with van der Waals surface area (Å²) in [6.07, 6.45) is 0.0103. The fourth-order valence-corrected chi connectivity index (χ4v) is 3.96. The molecule has 0 aromatic heterocycles. The number of nitrogens with one attached hydrogen (secondary N) is 1. The Kier molecular flexibility index (Phi) is 6.68. The van der Waals surface area contributed by atoms with Crippen molar-refractivity contribution in [1.82, 2.24) is 5.32 Å². The lowest BCUT2D eigenvalue weighted by atomic mass is 10.0. The summed E-state index contributed by atoms with van der Waals surface area (Å²) < 4.78 is 23.6. The number of primary sulfonamides is 1. The van der Waals surface area contributed by atoms with Crippen LogP contribution in [-0.4, -0.2) is 31.4 Å². The molecule has 3 rings (SSSR count). The number of rotatable bonds is 7. The highest BCUT2D eigenvalue weighted by molar-refractivity contribution is 7.89. The van der Waals surface area contributed by atoms with Crippen molar-refractivity contribution >= 4 is 21.9 Å². The molecule has 0 aliphatic carbocycles. The second-order valence-electron chi connectivity index (χ2n) is 7.00. The van der Waals surface area contributed by atoms with Crippen molar-refractivity contribution in [2.24, 2.45) is 5.14 Å². The van der Waals surface area contributed by atoms with Crippen molar-refractivity contribution in [2.75, 3.05) is 0 Å². The van der Waals surface area contributed by atoms with Crippen LogP contribution in [0.2, 0.25) is 0 Å². The van der Waals surface area contributed by atoms with E-state index in [-0.39, 0.29) is 16.9 Å². The predicted octanol–water partition coefficient (Wildman–Crippen LogP) is 2.30. The highest BCUT2D eigenvalue weighted by Crippen LogP contribution is 2.26. The fourth-order valence-electron chi connectivity index (χ4n) is 3.20. The molecule has 0 saturated heterocycles. The number of benzene rings is 3. The number of carboxylic acid groups (broad SMARTS) is 1. The van der Waals surface area contributed by atoms with E-state index in [0.29, 0.717) is 22.3 Å². The Bertz CT molecular complexity index is 1310. The molecule has 0 aliphatic rings. The van der Waals surface area contributed by atoms with E-state index in [9.17, 15) is 23.1 Å². The van der Waals surface area contributed by atoms with E-state index in [0.717, 1.165) is 0 Å². The maximum Gasteiger partial charge on any atom is 0.326 e. The van der Waals surface area contributed by atoms with Gasteiger partial charge in [-0.3, -0.25) is 4.79 Å². The minimum atomic E-state index is -3.93. The minimum Gasteiger partial charge on any atom is -0.480 e. The van der Waals surface area contributed by atoms with Gasteiger partial charge < -0.3 is 10.4 Å². The van der Waals surface area contributed by atoms with Crippen molar-refractivity contribution in [3.05, 3.63) is 89.5 Å². The van der Waals surface area contributed by atoms with Crippen LogP contribution in [0.25, 0.3) is 11.1 Å². The Balaban J connectivity index is 1.79. The van der Waals surface area contributed by atoms with Crippen LogP contribution in [-0.2, 0) is 21.2 Å². The van der Waals surface area contributed by atoms with Gasteiger partial charge in [-0.15, -0.1) is 0 Å². The van der Waals surface area contributed by atoms with Gasteiger partial charge in [-0.1, -0.05) is 42.5 Å². The highest BCUT2D eigenvalue weighted by Gasteiger charge is 2.22. The molecule has 0 spiro atoms. The molecule has 3 aromatic carbocycles. The molecule has 0 radical (unpaired) electrons. The van der Waals surface area contributed by atoms with E-state index in [2.05, 4.69) is 5.32 Å². The second-order valence-corrected chi connectivity index (χ2v) is 8.53. The number of nitrogens with two attached hydrogens (primary N) is 1. The third-order valence-corrected chi connectivity index (χ3v) is 5.72. The highest BCUT2D eigenvalue weighted by atomic mass is 32.2. The fraction of sp³-hybridized carbons (Fsp3) is 0.0870. The first-order valence-electron chi connectivity index (χ1n) is 9.44. The number of aliphatic carboxylic acids is 1. The van der Waals surface area contributed by atoms with Crippen LogP contribution >= 0.6 is 0 Å². The van der Waals surface area contributed by atoms with Gasteiger partial charge in [0.05, 0.1) is 16.5 Å². The molecule has 0 heterocycles. The molecule has 1 amide bonds. The van der Waals surface area contributed by atoms with Crippen molar-refractivity contribution in [2.45, 2.75) is 17.4 Å². The Labute approximate surface area is 185 Å². The number of amides is 1. The monoisotopic (exact) mass is 449 g/mol. The average Bonchev–Trinajstić information content (AvgIpc) is 2.78. The lowest BCUT2D eigenvalue weighted by molar-refractivity contribution is -0.139. The third-order valence-electron chi connectivity index (χ3n) is 4.75. The Morgan fingerprint density at radius 1 is 1.03 bits per heavy atom. The van der Waals surface area contributed by atoms with Crippen LogP contribution in [0.3, 0.4) is 0 Å². The summed E-state index contributed by atoms with van der Waals surface area (Å²) in [7, 11) is -3.93. The normalized spacial score (nSPS) is 11.9. The maximum absolute atomic E-state index is 12.6. The zero-order valence-electron chi connectivity index (χ0n) is 16.7. The van der Waals surface area contributed by atoms with Crippen LogP contribution in [0.5, 0.6) is 0 Å². The first-order chi connectivity index (χ1) is 15.2. The third kappa shape index (κ3) is 5.37. The van der Waals surface area contributed by atoms with Gasteiger partial charge in [-0.05, 0) is 41.5 Å². The minimum absolute atomic E-state index is 0.0103. The van der Waals surface area contributed by atoms with E-state index in [1.54, 1.807) is 54.6 Å². The molecule has 8 nitrogen and oxygen atoms in total. The molecular formula is C23H19N3O5S. The van der Waals surface area contributed by atoms with Crippen LogP contribution in [0.1, 0.15) is 21.5 Å². The largest absolute Gasteiger partial charge is 0.480 e. The van der Waals surface area contributed by atoms with Gasteiger partial charge in [-0.25, -0.2) is 18.4 Å². The van der Waals surface area contributed by atoms with Crippen LogP contribution in [0, 0.1) is 11.3 Å². The Morgan fingerprint density at radius 2 is 1.72 bits per heavy atom. The quantitative estimate of drug-likeness (QED) is 0.504. The lowest BCUT2D eigenvalue weighted by Gasteiger charge is -2.15. The van der Waals surface area contributed by atoms with Gasteiger partial charge in [0.1, 0.15) is 6.04 Å². The molecule has 162 valence electrons. The SMILES string of the molecule is N#Cc1cccc(C[C@H](NC(=O)c2ccc(-c3ccccc3S(N)(=O)=O)cc2)C(=O)O)c1. The topological polar surface area (TPSA) is 150 Å². The lowest BCUT2D eigenvalue weighted by Crippen LogP contribution is -2.42. The molecule has 0 saturated carbocycles. The molecule has 0 aliphatic heterocycles. The number of carboxylic acids is 1. The average molecular weight is 449 g/mol. The summed E-state index contributed by atoms with van der Waals surface area (Å²) in [6, 6.07) is 19.6. The van der Waals surface area contributed by atoms with Gasteiger partial charge in [0, 0.05) is 17.5 Å². The van der Waals surface area contributed by atoms with Crippen LogP contribution in [0.4, 0.5) is 0 Å². The molecule has 0 unspecified atom stereocenters. The van der Waals surface area contributed by atoms with Crippen molar-refractivity contribution in [3.8, 4) is 17.2 Å². The van der Waals surface area contributed by atoms with Crippen molar-refractivity contribution in [1.29, 1.82) is 5.26 Å². The number of nitriles is 1. The van der Waals surface area contributed by atoms with Gasteiger partial charge in [0.2, 0.25) is 10.0 Å². The van der Waals surface area contributed by atoms with E-state index >= 15 is 0 Å². The number of carbonyl (C=O) groups is 2. The van der Waals surface area contributed by atoms with E-state index in [4.69, 9.17) is 10.4 Å². The number of hydrogen-bond acceptors (Lipinski definition) is 5. The van der Waals surface area contributed by atoms with Crippen LogP contribution < -0.4 is 10.5 Å². The van der Waals surface area contributed by atoms with E-state index in [1.165, 1.54) is 18.2 Å². The molecular weight excluding hydrogens is 430 g/mol. The second kappa shape index (κ2) is 9.43. The molecule has 32 heavy (non-hydrogen) atoms. The number of sulfonamides is 1. The molecule has 1 atom stereocenters. The smallest absolute Gasteiger partial charge is 0.326 e. The van der Waals surface area contributed by atoms with Gasteiger partial charge in [-0.2, -0.15) is 5.26 Å². The summed E-state index contributed by atoms with van der Waals surface area (Å²) in [5.74, 6) is -1.81. The Hall–Kier alpha value is -4.00. The standard InChI is InChI=1S/C23H19N3O5S/c24-14-16-5-3-4-15(12-16)13-20(23(28)29)26-22(27)18-10-8-17(9-11-18)19-6-1-2-7-21(19)32(25,30)31/h1-12,20H,13H2,(H,26,27)(H,28,29)(H2,25,30,31)/t20-/m0/s1. The first-order valence-corrected chi connectivity index (χ1v) is 11.0. The first kappa shape index (κ1) is 22.7. The number of carbonyl (C=O) groups excluding carboxylic acids is 1. The van der Waals surface area contributed by atoms with Gasteiger partial charge in [0.25, 0.3) is 5.91 Å². The van der Waals surface area contributed by atoms with Crippen LogP contribution in [0.15, 0.2) is 77.7 Å². The van der Waals surface area contributed by atoms with Crippen molar-refractivity contribution in [3.63, 3.8) is 0 Å². The predicted molar refractivity (Wildman–Crippen MR) is 117 cm³/mol. The molecule has 4 N–H and O–H groups in total. The summed E-state index contributed by atoms with van der Waals surface area (Å²) in [4.78, 5) is 24.2. The number of hydrogen-bond donors (Lipinski definition) is 3. The van der Waals surface area contributed by atoms with E-state index in [1.807, 2.05) is 6.07 Å². The van der Waals surface area contributed by atoms with E-state index < -0.39 is 27.9 Å². The summed E-state index contributed by atoms with van der Waals surface area (Å²) in [5.41, 5.74) is 2.14. The van der Waals surface area contributed by atoms with Gasteiger partial charge in [0.15, 0.2) is 0 Å². The van der Waals surface area contributed by atoms with Gasteiger partial charge >= 0.3 is 5.97 Å². The molecule has 3 aromatic rings. The number of nitrogens with zero attached hydrogens (tertiary/aromatic N) is 1. The zero-order valence-corrected chi connectivity index (χ0v) is 17.5. The van der Waals surface area contributed by atoms with Crippen molar-refractivity contribution < 1.29 is 23.1 Å². The Morgan fingerprint density at radius 3 is 2.34 bits per heavy atom. The molecule has 0 fully saturated rings. The molecule has 0 bridgehead atoms. The zero-order chi connectivity index (χ0) is 23.3. The maximum atomic E-state index is 12.6.